The van der Waals surface area contributed by atoms with Crippen LogP contribution in [-0.2, 0) is 14.8 Å². The molecule has 0 N–H and O–H groups in total. The number of carbonyl (C=O) groups is 1. The molecule has 0 atom stereocenters. The average molecular weight is 450 g/mol. The number of likely N-dealkylation sites (N-methyl/N-ethyl adjacent to an activating group) is 1. The van der Waals surface area contributed by atoms with Gasteiger partial charge >= 0.3 is 0 Å². The Morgan fingerprint density at radius 2 is 1.75 bits per heavy atom. The lowest BCUT2D eigenvalue weighted by molar-refractivity contribution is -0.132. The Morgan fingerprint density at radius 3 is 2.36 bits per heavy atom. The van der Waals surface area contributed by atoms with Crippen molar-refractivity contribution < 1.29 is 13.2 Å². The summed E-state index contributed by atoms with van der Waals surface area (Å²) in [4.78, 5) is 16.3. The zero-order valence-electron chi connectivity index (χ0n) is 17.0. The fourth-order valence-corrected chi connectivity index (χ4v) is 6.10. The molecule has 0 aromatic heterocycles. The Kier molecular flexibility index (Phi) is 8.16. The molecular weight excluding hydrogens is 421 g/mol. The van der Waals surface area contributed by atoms with E-state index in [4.69, 9.17) is 23.2 Å². The molecule has 0 saturated carbocycles. The highest BCUT2D eigenvalue weighted by atomic mass is 35.5. The standard InChI is InChI=1S/C19H29Cl2N3O3S/c1-5-23(6-2)17(25)13-22-8-7-9-24(11-10-22)28(26,27)19-15(4)16(20)12-14(3)18(19)21/h12H,5-11,13H2,1-4H3. The molecule has 1 amide bonds. The quantitative estimate of drug-likeness (QED) is 0.668. The molecule has 0 unspecified atom stereocenters. The normalized spacial score (nSPS) is 16.8. The van der Waals surface area contributed by atoms with Gasteiger partial charge in [0.1, 0.15) is 4.90 Å². The van der Waals surface area contributed by atoms with Gasteiger partial charge in [-0.05, 0) is 57.9 Å². The van der Waals surface area contributed by atoms with Crippen molar-refractivity contribution in [1.82, 2.24) is 14.1 Å². The third-order valence-electron chi connectivity index (χ3n) is 5.21. The first kappa shape index (κ1) is 23.4. The van der Waals surface area contributed by atoms with Crippen molar-refractivity contribution in [2.45, 2.75) is 39.0 Å². The van der Waals surface area contributed by atoms with E-state index in [2.05, 4.69) is 0 Å². The molecule has 1 aliphatic rings. The minimum atomic E-state index is -3.77. The monoisotopic (exact) mass is 449 g/mol. The number of aryl methyl sites for hydroxylation is 1. The molecule has 2 rings (SSSR count). The Bertz CT molecular complexity index is 800. The van der Waals surface area contributed by atoms with Gasteiger partial charge in [0.25, 0.3) is 0 Å². The first-order valence-corrected chi connectivity index (χ1v) is 11.8. The van der Waals surface area contributed by atoms with E-state index in [0.717, 1.165) is 0 Å². The van der Waals surface area contributed by atoms with E-state index < -0.39 is 10.0 Å². The Hall–Kier alpha value is -0.860. The zero-order valence-corrected chi connectivity index (χ0v) is 19.3. The van der Waals surface area contributed by atoms with Gasteiger partial charge in [-0.2, -0.15) is 4.31 Å². The minimum Gasteiger partial charge on any atom is -0.342 e. The molecule has 1 fully saturated rings. The molecule has 6 nitrogen and oxygen atoms in total. The summed E-state index contributed by atoms with van der Waals surface area (Å²) in [6.07, 6.45) is 0.654. The van der Waals surface area contributed by atoms with Gasteiger partial charge in [0, 0.05) is 37.7 Å². The fraction of sp³-hybridized carbons (Fsp3) is 0.632. The number of rotatable bonds is 6. The van der Waals surface area contributed by atoms with Gasteiger partial charge in [-0.1, -0.05) is 23.2 Å². The molecule has 0 aliphatic carbocycles. The maximum absolute atomic E-state index is 13.3. The number of hydrogen-bond donors (Lipinski definition) is 0. The SMILES string of the molecule is CCN(CC)C(=O)CN1CCCN(S(=O)(=O)c2c(C)c(Cl)cc(C)c2Cl)CC1. The Morgan fingerprint density at radius 1 is 1.11 bits per heavy atom. The smallest absolute Gasteiger partial charge is 0.244 e. The first-order chi connectivity index (χ1) is 13.1. The highest BCUT2D eigenvalue weighted by Crippen LogP contribution is 2.35. The summed E-state index contributed by atoms with van der Waals surface area (Å²) in [6.45, 7) is 10.9. The van der Waals surface area contributed by atoms with Gasteiger partial charge < -0.3 is 4.90 Å². The molecule has 0 bridgehead atoms. The molecule has 1 heterocycles. The molecular formula is C19H29Cl2N3O3S. The van der Waals surface area contributed by atoms with Crippen LogP contribution in [0.5, 0.6) is 0 Å². The Balaban J connectivity index is 2.19. The fourth-order valence-electron chi connectivity index (χ4n) is 3.46. The van der Waals surface area contributed by atoms with Crippen LogP contribution in [-0.4, -0.2) is 74.2 Å². The van der Waals surface area contributed by atoms with Gasteiger partial charge in [-0.3, -0.25) is 9.69 Å². The van der Waals surface area contributed by atoms with Crippen LogP contribution < -0.4 is 0 Å². The van der Waals surface area contributed by atoms with Crippen LogP contribution >= 0.6 is 23.2 Å². The molecule has 1 aromatic rings. The van der Waals surface area contributed by atoms with Crippen LogP contribution in [0.4, 0.5) is 0 Å². The van der Waals surface area contributed by atoms with E-state index in [1.807, 2.05) is 18.7 Å². The zero-order chi connectivity index (χ0) is 21.1. The van der Waals surface area contributed by atoms with Gasteiger partial charge in [-0.15, -0.1) is 0 Å². The van der Waals surface area contributed by atoms with Crippen molar-refractivity contribution in [1.29, 1.82) is 0 Å². The summed E-state index contributed by atoms with van der Waals surface area (Å²) in [5.41, 5.74) is 1.10. The van der Waals surface area contributed by atoms with Gasteiger partial charge in [0.05, 0.1) is 11.6 Å². The molecule has 1 aromatic carbocycles. The second-order valence-electron chi connectivity index (χ2n) is 7.04. The lowest BCUT2D eigenvalue weighted by Gasteiger charge is -2.25. The van der Waals surface area contributed by atoms with E-state index >= 15 is 0 Å². The van der Waals surface area contributed by atoms with Crippen LogP contribution in [0.2, 0.25) is 10.0 Å². The average Bonchev–Trinajstić information content (AvgIpc) is 2.87. The van der Waals surface area contributed by atoms with Crippen LogP contribution in [0.3, 0.4) is 0 Å². The number of sulfonamides is 1. The highest BCUT2D eigenvalue weighted by Gasteiger charge is 2.32. The van der Waals surface area contributed by atoms with Crippen molar-refractivity contribution in [3.63, 3.8) is 0 Å². The predicted octanol–water partition coefficient (Wildman–Crippen LogP) is 3.18. The van der Waals surface area contributed by atoms with Crippen molar-refractivity contribution >= 4 is 39.1 Å². The maximum atomic E-state index is 13.3. The molecule has 0 radical (unpaired) electrons. The minimum absolute atomic E-state index is 0.0747. The third-order valence-corrected chi connectivity index (χ3v) is 8.27. The van der Waals surface area contributed by atoms with Crippen LogP contribution in [0.25, 0.3) is 0 Å². The summed E-state index contributed by atoms with van der Waals surface area (Å²) in [6, 6.07) is 1.68. The Labute approximate surface area is 178 Å². The van der Waals surface area contributed by atoms with Crippen molar-refractivity contribution in [3.05, 3.63) is 27.2 Å². The van der Waals surface area contributed by atoms with E-state index in [0.29, 0.717) is 68.4 Å². The number of nitrogens with zero attached hydrogens (tertiary/aromatic N) is 3. The molecule has 28 heavy (non-hydrogen) atoms. The first-order valence-electron chi connectivity index (χ1n) is 9.58. The number of carbonyl (C=O) groups excluding carboxylic acids is 1. The summed E-state index contributed by atoms with van der Waals surface area (Å²) < 4.78 is 28.1. The van der Waals surface area contributed by atoms with Gasteiger partial charge in [0.15, 0.2) is 0 Å². The van der Waals surface area contributed by atoms with Crippen LogP contribution in [0.15, 0.2) is 11.0 Å². The largest absolute Gasteiger partial charge is 0.342 e. The molecule has 9 heteroatoms. The molecule has 0 spiro atoms. The number of amides is 1. The van der Waals surface area contributed by atoms with Crippen LogP contribution in [0, 0.1) is 13.8 Å². The molecule has 1 saturated heterocycles. The van der Waals surface area contributed by atoms with Gasteiger partial charge in [-0.25, -0.2) is 8.42 Å². The summed E-state index contributed by atoms with van der Waals surface area (Å²) in [5, 5.41) is 0.612. The topological polar surface area (TPSA) is 60.9 Å². The lowest BCUT2D eigenvalue weighted by atomic mass is 10.2. The maximum Gasteiger partial charge on any atom is 0.244 e. The van der Waals surface area contributed by atoms with E-state index in [1.54, 1.807) is 24.8 Å². The van der Waals surface area contributed by atoms with Crippen molar-refractivity contribution in [2.75, 3.05) is 45.8 Å². The van der Waals surface area contributed by atoms with E-state index in [9.17, 15) is 13.2 Å². The molecule has 1 aliphatic heterocycles. The van der Waals surface area contributed by atoms with E-state index in [1.165, 1.54) is 4.31 Å². The number of benzene rings is 1. The second kappa shape index (κ2) is 9.76. The van der Waals surface area contributed by atoms with Gasteiger partial charge in [0.2, 0.25) is 15.9 Å². The lowest BCUT2D eigenvalue weighted by Crippen LogP contribution is -2.42. The summed E-state index contributed by atoms with van der Waals surface area (Å²) in [7, 11) is -3.77. The van der Waals surface area contributed by atoms with E-state index in [-0.39, 0.29) is 15.8 Å². The van der Waals surface area contributed by atoms with Crippen molar-refractivity contribution in [2.24, 2.45) is 0 Å². The predicted molar refractivity (Wildman–Crippen MR) is 114 cm³/mol. The third kappa shape index (κ3) is 5.00. The van der Waals surface area contributed by atoms with Crippen LogP contribution in [0.1, 0.15) is 31.4 Å². The second-order valence-corrected chi connectivity index (χ2v) is 9.70. The molecule has 158 valence electrons. The highest BCUT2D eigenvalue weighted by molar-refractivity contribution is 7.89. The number of halogens is 2. The van der Waals surface area contributed by atoms with Crippen molar-refractivity contribution in [3.8, 4) is 0 Å². The summed E-state index contributed by atoms with van der Waals surface area (Å²) in [5.74, 6) is 0.0747. The summed E-state index contributed by atoms with van der Waals surface area (Å²) >= 11 is 12.6. The number of hydrogen-bond acceptors (Lipinski definition) is 4.